The maximum Gasteiger partial charge on any atom is 0.286 e. The van der Waals surface area contributed by atoms with Crippen LogP contribution in [0.5, 0.6) is 0 Å². The van der Waals surface area contributed by atoms with Gasteiger partial charge in [0.25, 0.3) is 5.24 Å². The number of aryl methyl sites for hydroxylation is 2. The van der Waals surface area contributed by atoms with Crippen LogP contribution in [0.3, 0.4) is 0 Å². The number of anilines is 1. The van der Waals surface area contributed by atoms with Crippen LogP contribution >= 0.6 is 11.8 Å². The number of hydrogen-bond acceptors (Lipinski definition) is 6. The summed E-state index contributed by atoms with van der Waals surface area (Å²) < 4.78 is 41.4. The van der Waals surface area contributed by atoms with Gasteiger partial charge in [-0.2, -0.15) is 0 Å². The van der Waals surface area contributed by atoms with E-state index in [2.05, 4.69) is 21.9 Å². The van der Waals surface area contributed by atoms with Crippen molar-refractivity contribution in [3.8, 4) is 11.1 Å². The van der Waals surface area contributed by atoms with Gasteiger partial charge in [0.2, 0.25) is 0 Å². The van der Waals surface area contributed by atoms with E-state index in [-0.39, 0.29) is 17.4 Å². The van der Waals surface area contributed by atoms with E-state index in [1.807, 2.05) is 19.9 Å². The van der Waals surface area contributed by atoms with Gasteiger partial charge < -0.3 is 13.8 Å². The lowest BCUT2D eigenvalue weighted by Crippen LogP contribution is -2.38. The standard InChI is InChI=1S/C29H30F2N4O3S/c1-16-27(17(2)38-33-16)18-4-11-25-24(14-18)32-28(34(25)19-5-8-21(37-3)9-6-19)26-12-13-39-29(36)35(26)20-7-10-22(30)23(31)15-20/h4,7,10-11,14-15,19,21,26H,5-6,8-9,12-13H2,1-3H3/t19?,21?,26-/m0/s1. The number of hydrogen-bond donors (Lipinski definition) is 0. The number of ether oxygens (including phenoxy) is 1. The summed E-state index contributed by atoms with van der Waals surface area (Å²) in [6.07, 6.45) is 4.58. The second kappa shape index (κ2) is 10.4. The van der Waals surface area contributed by atoms with Crippen molar-refractivity contribution in [2.24, 2.45) is 0 Å². The van der Waals surface area contributed by atoms with Crippen LogP contribution in [0.15, 0.2) is 40.9 Å². The molecule has 1 amide bonds. The summed E-state index contributed by atoms with van der Waals surface area (Å²) in [5, 5.41) is 3.91. The number of carbonyl (C=O) groups excluding carboxylic acids is 1. The van der Waals surface area contributed by atoms with E-state index in [9.17, 15) is 13.6 Å². The predicted octanol–water partition coefficient (Wildman–Crippen LogP) is 7.52. The molecule has 1 aliphatic heterocycles. The van der Waals surface area contributed by atoms with E-state index in [0.717, 1.165) is 77.3 Å². The summed E-state index contributed by atoms with van der Waals surface area (Å²) in [6.45, 7) is 3.81. The number of fused-ring (bicyclic) bond motifs is 1. The Bertz CT molecular complexity index is 1520. The van der Waals surface area contributed by atoms with Crippen LogP contribution in [-0.2, 0) is 4.74 Å². The Morgan fingerprint density at radius 3 is 2.51 bits per heavy atom. The molecule has 7 nitrogen and oxygen atoms in total. The fraction of sp³-hybridized carbons (Fsp3) is 0.414. The minimum absolute atomic E-state index is 0.179. The topological polar surface area (TPSA) is 73.4 Å². The average molecular weight is 553 g/mol. The number of nitrogens with zero attached hydrogens (tertiary/aromatic N) is 4. The van der Waals surface area contributed by atoms with Gasteiger partial charge in [-0.25, -0.2) is 13.8 Å². The summed E-state index contributed by atoms with van der Waals surface area (Å²) in [7, 11) is 1.75. The first-order valence-electron chi connectivity index (χ1n) is 13.2. The highest BCUT2D eigenvalue weighted by Gasteiger charge is 2.37. The van der Waals surface area contributed by atoms with Crippen LogP contribution < -0.4 is 4.90 Å². The van der Waals surface area contributed by atoms with Gasteiger partial charge in [-0.05, 0) is 75.8 Å². The molecule has 0 spiro atoms. The third-order valence-corrected chi connectivity index (χ3v) is 8.87. The summed E-state index contributed by atoms with van der Waals surface area (Å²) in [5.41, 5.74) is 4.84. The lowest BCUT2D eigenvalue weighted by atomic mass is 9.92. The maximum atomic E-state index is 14.3. The van der Waals surface area contributed by atoms with Crippen molar-refractivity contribution >= 4 is 33.7 Å². The predicted molar refractivity (Wildman–Crippen MR) is 147 cm³/mol. The van der Waals surface area contributed by atoms with E-state index in [4.69, 9.17) is 14.2 Å². The molecule has 2 aromatic carbocycles. The third-order valence-electron chi connectivity index (χ3n) is 7.99. The summed E-state index contributed by atoms with van der Waals surface area (Å²) in [4.78, 5) is 20.0. The van der Waals surface area contributed by atoms with Gasteiger partial charge in [0.1, 0.15) is 11.6 Å². The largest absolute Gasteiger partial charge is 0.381 e. The van der Waals surface area contributed by atoms with Crippen molar-refractivity contribution in [3.05, 3.63) is 65.3 Å². The molecule has 6 rings (SSSR count). The average Bonchev–Trinajstić information content (AvgIpc) is 3.48. The number of benzene rings is 2. The van der Waals surface area contributed by atoms with Crippen molar-refractivity contribution in [1.82, 2.24) is 14.7 Å². The van der Waals surface area contributed by atoms with Gasteiger partial charge in [0.05, 0.1) is 28.9 Å². The van der Waals surface area contributed by atoms with Crippen molar-refractivity contribution < 1.29 is 22.8 Å². The van der Waals surface area contributed by atoms with Gasteiger partial charge in [0, 0.05) is 36.2 Å². The minimum Gasteiger partial charge on any atom is -0.381 e. The first-order valence-corrected chi connectivity index (χ1v) is 14.2. The van der Waals surface area contributed by atoms with E-state index in [0.29, 0.717) is 17.9 Å². The Morgan fingerprint density at radius 2 is 1.82 bits per heavy atom. The van der Waals surface area contributed by atoms with Gasteiger partial charge in [-0.15, -0.1) is 0 Å². The molecule has 1 saturated heterocycles. The molecule has 0 bridgehead atoms. The van der Waals surface area contributed by atoms with Crippen molar-refractivity contribution in [1.29, 1.82) is 0 Å². The zero-order valence-electron chi connectivity index (χ0n) is 22.1. The Hall–Kier alpha value is -3.24. The molecule has 10 heteroatoms. The van der Waals surface area contributed by atoms with Crippen LogP contribution in [0.4, 0.5) is 19.3 Å². The van der Waals surface area contributed by atoms with Crippen molar-refractivity contribution in [2.45, 2.75) is 64.1 Å². The lowest BCUT2D eigenvalue weighted by Gasteiger charge is -2.37. The first-order chi connectivity index (χ1) is 18.9. The minimum atomic E-state index is -0.981. The Balaban J connectivity index is 1.50. The van der Waals surface area contributed by atoms with Crippen molar-refractivity contribution in [2.75, 3.05) is 17.8 Å². The number of carbonyl (C=O) groups is 1. The van der Waals surface area contributed by atoms with Crippen LogP contribution in [-0.4, -0.2) is 38.9 Å². The van der Waals surface area contributed by atoms with Crippen LogP contribution in [0.1, 0.15) is 61.5 Å². The molecule has 0 radical (unpaired) electrons. The molecule has 0 N–H and O–H groups in total. The number of methoxy groups -OCH3 is 1. The van der Waals surface area contributed by atoms with E-state index >= 15 is 0 Å². The molecule has 2 aliphatic rings. The maximum absolute atomic E-state index is 14.3. The smallest absolute Gasteiger partial charge is 0.286 e. The molecule has 0 unspecified atom stereocenters. The Kier molecular flexibility index (Phi) is 6.93. The van der Waals surface area contributed by atoms with Crippen LogP contribution in [0.2, 0.25) is 0 Å². The molecule has 2 aromatic heterocycles. The number of thioether (sulfide) groups is 1. The monoisotopic (exact) mass is 552 g/mol. The number of rotatable bonds is 5. The first kappa shape index (κ1) is 26.0. The molecule has 2 fully saturated rings. The second-order valence-electron chi connectivity index (χ2n) is 10.3. The van der Waals surface area contributed by atoms with E-state index in [1.165, 1.54) is 17.8 Å². The second-order valence-corrected chi connectivity index (χ2v) is 11.3. The van der Waals surface area contributed by atoms with Gasteiger partial charge >= 0.3 is 0 Å². The normalized spacial score (nSPS) is 22.1. The highest BCUT2D eigenvalue weighted by Crippen LogP contribution is 2.43. The molecule has 204 valence electrons. The molecule has 1 aliphatic carbocycles. The zero-order chi connectivity index (χ0) is 27.3. The molecule has 3 heterocycles. The SMILES string of the molecule is COC1CCC(n2c([C@@H]3CCSC(=O)N3c3ccc(F)c(F)c3)nc3cc(-c4c(C)noc4C)ccc32)CC1. The van der Waals surface area contributed by atoms with Crippen LogP contribution in [0.25, 0.3) is 22.2 Å². The Morgan fingerprint density at radius 1 is 1.03 bits per heavy atom. The zero-order valence-corrected chi connectivity index (χ0v) is 22.9. The molecule has 1 atom stereocenters. The van der Waals surface area contributed by atoms with Crippen molar-refractivity contribution in [3.63, 3.8) is 0 Å². The number of amides is 1. The molecule has 39 heavy (non-hydrogen) atoms. The summed E-state index contributed by atoms with van der Waals surface area (Å²) >= 11 is 1.18. The van der Waals surface area contributed by atoms with E-state index in [1.54, 1.807) is 12.0 Å². The fourth-order valence-electron chi connectivity index (χ4n) is 6.07. The fourth-order valence-corrected chi connectivity index (χ4v) is 6.96. The van der Waals surface area contributed by atoms with Crippen LogP contribution in [0, 0.1) is 25.5 Å². The number of halogens is 2. The summed E-state index contributed by atoms with van der Waals surface area (Å²) in [5.74, 6) is 0.198. The highest BCUT2D eigenvalue weighted by molar-refractivity contribution is 8.14. The van der Waals surface area contributed by atoms with Gasteiger partial charge in [-0.3, -0.25) is 9.69 Å². The number of aromatic nitrogens is 3. The Labute approximate surface area is 229 Å². The number of imidazole rings is 1. The summed E-state index contributed by atoms with van der Waals surface area (Å²) in [6, 6.07) is 9.57. The molecular formula is C29H30F2N4O3S. The lowest BCUT2D eigenvalue weighted by molar-refractivity contribution is 0.0584. The quantitative estimate of drug-likeness (QED) is 0.255. The van der Waals surface area contributed by atoms with E-state index < -0.39 is 17.7 Å². The van der Waals surface area contributed by atoms with Gasteiger partial charge in [0.15, 0.2) is 11.6 Å². The van der Waals surface area contributed by atoms with Gasteiger partial charge in [-0.1, -0.05) is 23.0 Å². The molecule has 1 saturated carbocycles. The highest BCUT2D eigenvalue weighted by atomic mass is 32.2. The third kappa shape index (κ3) is 4.63. The molecular weight excluding hydrogens is 522 g/mol. The molecule has 4 aromatic rings.